The molecule has 0 fully saturated rings. The van der Waals surface area contributed by atoms with Crippen LogP contribution in [0.3, 0.4) is 0 Å². The summed E-state index contributed by atoms with van der Waals surface area (Å²) in [5.74, 6) is -0.659. The SMILES string of the molecule is O=C(CSc1cccc(F)c1)Cc1cc(F)ccc1Cl. The molecule has 0 radical (unpaired) electrons. The van der Waals surface area contributed by atoms with Crippen molar-refractivity contribution < 1.29 is 13.6 Å². The normalized spacial score (nSPS) is 10.6. The molecule has 5 heteroatoms. The number of halogens is 3. The second kappa shape index (κ2) is 6.86. The third-order valence-corrected chi connectivity index (χ3v) is 4.01. The Morgan fingerprint density at radius 1 is 1.10 bits per heavy atom. The second-order valence-electron chi connectivity index (χ2n) is 4.20. The smallest absolute Gasteiger partial charge is 0.147 e. The number of carbonyl (C=O) groups is 1. The Labute approximate surface area is 125 Å². The standard InChI is InChI=1S/C15H11ClF2OS/c16-15-5-4-12(18)6-10(15)7-13(19)9-20-14-3-1-2-11(17)8-14/h1-6,8H,7,9H2. The molecule has 104 valence electrons. The highest BCUT2D eigenvalue weighted by Gasteiger charge is 2.09. The molecule has 20 heavy (non-hydrogen) atoms. The minimum absolute atomic E-state index is 0.0684. The maximum absolute atomic E-state index is 13.1. The summed E-state index contributed by atoms with van der Waals surface area (Å²) in [6.45, 7) is 0. The Morgan fingerprint density at radius 2 is 1.85 bits per heavy atom. The van der Waals surface area contributed by atoms with Crippen molar-refractivity contribution in [2.24, 2.45) is 0 Å². The summed E-state index contributed by atoms with van der Waals surface area (Å²) in [6, 6.07) is 9.97. The third kappa shape index (κ3) is 4.32. The lowest BCUT2D eigenvalue weighted by Gasteiger charge is -2.04. The number of hydrogen-bond donors (Lipinski definition) is 0. The molecular weight excluding hydrogens is 302 g/mol. The molecule has 0 amide bonds. The first-order valence-electron chi connectivity index (χ1n) is 5.88. The van der Waals surface area contributed by atoms with Gasteiger partial charge in [0.2, 0.25) is 0 Å². The Kier molecular flexibility index (Phi) is 5.15. The van der Waals surface area contributed by atoms with Crippen molar-refractivity contribution >= 4 is 29.1 Å². The molecule has 2 aromatic carbocycles. The van der Waals surface area contributed by atoms with Crippen molar-refractivity contribution in [2.45, 2.75) is 11.3 Å². The molecule has 0 saturated heterocycles. The van der Waals surface area contributed by atoms with E-state index >= 15 is 0 Å². The highest BCUT2D eigenvalue weighted by atomic mass is 35.5. The van der Waals surface area contributed by atoms with Gasteiger partial charge in [0.15, 0.2) is 0 Å². The molecule has 1 nitrogen and oxygen atoms in total. The van der Waals surface area contributed by atoms with Gasteiger partial charge in [-0.25, -0.2) is 8.78 Å². The fourth-order valence-electron chi connectivity index (χ4n) is 1.66. The van der Waals surface area contributed by atoms with Crippen LogP contribution in [0.15, 0.2) is 47.4 Å². The van der Waals surface area contributed by atoms with Crippen molar-refractivity contribution in [3.05, 3.63) is 64.7 Å². The largest absolute Gasteiger partial charge is 0.298 e. The molecule has 0 aliphatic rings. The molecule has 0 aliphatic carbocycles. The van der Waals surface area contributed by atoms with Crippen LogP contribution in [0.2, 0.25) is 5.02 Å². The van der Waals surface area contributed by atoms with E-state index in [2.05, 4.69) is 0 Å². The lowest BCUT2D eigenvalue weighted by Crippen LogP contribution is -2.06. The van der Waals surface area contributed by atoms with E-state index in [-0.39, 0.29) is 23.8 Å². The molecule has 0 saturated carbocycles. The molecule has 2 rings (SSSR count). The van der Waals surface area contributed by atoms with Crippen molar-refractivity contribution in [1.29, 1.82) is 0 Å². The molecule has 0 unspecified atom stereocenters. The van der Waals surface area contributed by atoms with Gasteiger partial charge in [0.1, 0.15) is 17.4 Å². The highest BCUT2D eigenvalue weighted by molar-refractivity contribution is 8.00. The van der Waals surface area contributed by atoms with E-state index in [9.17, 15) is 13.6 Å². The Balaban J connectivity index is 1.94. The highest BCUT2D eigenvalue weighted by Crippen LogP contribution is 2.21. The van der Waals surface area contributed by atoms with Crippen molar-refractivity contribution in [3.8, 4) is 0 Å². The molecule has 0 aliphatic heterocycles. The van der Waals surface area contributed by atoms with Crippen LogP contribution in [0, 0.1) is 11.6 Å². The number of hydrogen-bond acceptors (Lipinski definition) is 2. The first-order chi connectivity index (χ1) is 9.54. The van der Waals surface area contributed by atoms with E-state index < -0.39 is 5.82 Å². The van der Waals surface area contributed by atoms with Crippen LogP contribution in [0.4, 0.5) is 8.78 Å². The van der Waals surface area contributed by atoms with Crippen LogP contribution in [-0.2, 0) is 11.2 Å². The van der Waals surface area contributed by atoms with Gasteiger partial charge in [-0.2, -0.15) is 0 Å². The number of ketones is 1. The van der Waals surface area contributed by atoms with Crippen LogP contribution in [-0.4, -0.2) is 11.5 Å². The quantitative estimate of drug-likeness (QED) is 0.755. The Bertz CT molecular complexity index is 631. The minimum Gasteiger partial charge on any atom is -0.298 e. The second-order valence-corrected chi connectivity index (χ2v) is 5.65. The van der Waals surface area contributed by atoms with Crippen molar-refractivity contribution in [3.63, 3.8) is 0 Å². The van der Waals surface area contributed by atoms with Crippen LogP contribution < -0.4 is 0 Å². The van der Waals surface area contributed by atoms with Crippen LogP contribution >= 0.6 is 23.4 Å². The zero-order chi connectivity index (χ0) is 14.5. The first-order valence-corrected chi connectivity index (χ1v) is 7.25. The van der Waals surface area contributed by atoms with Gasteiger partial charge in [0, 0.05) is 16.3 Å². The van der Waals surface area contributed by atoms with Crippen LogP contribution in [0.25, 0.3) is 0 Å². The summed E-state index contributed by atoms with van der Waals surface area (Å²) in [7, 11) is 0. The van der Waals surface area contributed by atoms with E-state index in [1.807, 2.05) is 0 Å². The van der Waals surface area contributed by atoms with Gasteiger partial charge in [0.25, 0.3) is 0 Å². The molecule has 0 heterocycles. The van der Waals surface area contributed by atoms with E-state index in [1.54, 1.807) is 12.1 Å². The maximum atomic E-state index is 13.1. The fourth-order valence-corrected chi connectivity index (χ4v) is 2.65. The predicted octanol–water partition coefficient (Wildman–Crippen LogP) is 4.52. The lowest BCUT2D eigenvalue weighted by atomic mass is 10.1. The summed E-state index contributed by atoms with van der Waals surface area (Å²) in [5, 5.41) is 0.371. The number of carbonyl (C=O) groups excluding carboxylic acids is 1. The molecule has 0 aromatic heterocycles. The zero-order valence-corrected chi connectivity index (χ0v) is 12.0. The van der Waals surface area contributed by atoms with Crippen molar-refractivity contribution in [2.75, 3.05) is 5.75 Å². The number of Topliss-reactive ketones (excluding diaryl/α,β-unsaturated/α-hetero) is 1. The maximum Gasteiger partial charge on any atom is 0.147 e. The van der Waals surface area contributed by atoms with Gasteiger partial charge in [-0.05, 0) is 42.0 Å². The number of rotatable bonds is 5. The zero-order valence-electron chi connectivity index (χ0n) is 10.4. The van der Waals surface area contributed by atoms with Crippen LogP contribution in [0.1, 0.15) is 5.56 Å². The van der Waals surface area contributed by atoms with E-state index in [0.29, 0.717) is 15.5 Å². The average molecular weight is 313 g/mol. The first kappa shape index (κ1) is 15.0. The lowest BCUT2D eigenvalue weighted by molar-refractivity contribution is -0.116. The minimum atomic E-state index is -0.421. The number of thioether (sulfide) groups is 1. The Morgan fingerprint density at radius 3 is 2.60 bits per heavy atom. The van der Waals surface area contributed by atoms with Crippen molar-refractivity contribution in [1.82, 2.24) is 0 Å². The van der Waals surface area contributed by atoms with Gasteiger partial charge in [0.05, 0.1) is 5.75 Å². The average Bonchev–Trinajstić information content (AvgIpc) is 2.41. The third-order valence-electron chi connectivity index (χ3n) is 2.59. The van der Waals surface area contributed by atoms with E-state index in [4.69, 9.17) is 11.6 Å². The summed E-state index contributed by atoms with van der Waals surface area (Å²) >= 11 is 7.15. The summed E-state index contributed by atoms with van der Waals surface area (Å²) in [5.41, 5.74) is 0.469. The topological polar surface area (TPSA) is 17.1 Å². The van der Waals surface area contributed by atoms with Crippen LogP contribution in [0.5, 0.6) is 0 Å². The summed E-state index contributed by atoms with van der Waals surface area (Å²) < 4.78 is 26.1. The van der Waals surface area contributed by atoms with E-state index in [0.717, 1.165) is 0 Å². The molecule has 2 aromatic rings. The molecular formula is C15H11ClF2OS. The predicted molar refractivity (Wildman–Crippen MR) is 77.2 cm³/mol. The fraction of sp³-hybridized carbons (Fsp3) is 0.133. The van der Waals surface area contributed by atoms with E-state index in [1.165, 1.54) is 42.1 Å². The number of benzene rings is 2. The van der Waals surface area contributed by atoms with Gasteiger partial charge in [-0.1, -0.05) is 17.7 Å². The van der Waals surface area contributed by atoms with Gasteiger partial charge in [-0.3, -0.25) is 4.79 Å². The molecule has 0 N–H and O–H groups in total. The summed E-state index contributed by atoms with van der Waals surface area (Å²) in [6.07, 6.45) is 0.0684. The summed E-state index contributed by atoms with van der Waals surface area (Å²) in [4.78, 5) is 12.5. The van der Waals surface area contributed by atoms with Gasteiger partial charge < -0.3 is 0 Å². The molecule has 0 spiro atoms. The Hall–Kier alpha value is -1.39. The monoisotopic (exact) mass is 312 g/mol. The van der Waals surface area contributed by atoms with Gasteiger partial charge in [-0.15, -0.1) is 11.8 Å². The van der Waals surface area contributed by atoms with Gasteiger partial charge >= 0.3 is 0 Å². The molecule has 0 bridgehead atoms. The molecule has 0 atom stereocenters.